The molecule has 0 spiro atoms. The van der Waals surface area contributed by atoms with Crippen molar-refractivity contribution in [3.63, 3.8) is 0 Å². The molecule has 4 nitrogen and oxygen atoms in total. The monoisotopic (exact) mass is 300 g/mol. The third kappa shape index (κ3) is 1.82. The summed E-state index contributed by atoms with van der Waals surface area (Å²) in [4.78, 5) is 0. The summed E-state index contributed by atoms with van der Waals surface area (Å²) in [7, 11) is 0. The van der Waals surface area contributed by atoms with Gasteiger partial charge < -0.3 is 14.6 Å². The van der Waals surface area contributed by atoms with E-state index in [1.807, 2.05) is 48.5 Å². The van der Waals surface area contributed by atoms with Gasteiger partial charge in [0.1, 0.15) is 0 Å². The van der Waals surface area contributed by atoms with E-state index in [4.69, 9.17) is 9.26 Å². The van der Waals surface area contributed by atoms with Crippen LogP contribution in [0.2, 0.25) is 0 Å². The average molecular weight is 300 g/mol. The van der Waals surface area contributed by atoms with Crippen molar-refractivity contribution in [1.82, 2.24) is 5.16 Å². The van der Waals surface area contributed by atoms with E-state index in [1.54, 1.807) is 6.20 Å². The number of hydrogen-bond acceptors (Lipinski definition) is 4. The van der Waals surface area contributed by atoms with Crippen molar-refractivity contribution in [2.75, 3.05) is 5.32 Å². The van der Waals surface area contributed by atoms with Gasteiger partial charge in [0.25, 0.3) is 0 Å². The fraction of sp³-hybridized carbons (Fsp3) is 0. The Hall–Kier alpha value is -3.27. The minimum atomic E-state index is 0.775. The van der Waals surface area contributed by atoms with Crippen LogP contribution in [-0.2, 0) is 0 Å². The molecule has 0 radical (unpaired) electrons. The average Bonchev–Trinajstić information content (AvgIpc) is 3.08. The molecule has 0 saturated carbocycles. The first-order valence-corrected chi connectivity index (χ1v) is 7.41. The molecule has 110 valence electrons. The Morgan fingerprint density at radius 2 is 1.61 bits per heavy atom. The number of fused-ring (bicyclic) bond motifs is 3. The van der Waals surface area contributed by atoms with Crippen molar-refractivity contribution >= 4 is 22.3 Å². The zero-order valence-electron chi connectivity index (χ0n) is 12.1. The molecular weight excluding hydrogens is 288 g/mol. The number of benzene rings is 3. The van der Waals surface area contributed by atoms with Crippen molar-refractivity contribution in [3.05, 3.63) is 66.9 Å². The van der Waals surface area contributed by atoms with Gasteiger partial charge in [0.05, 0.1) is 17.6 Å². The molecule has 0 amide bonds. The first-order chi connectivity index (χ1) is 11.4. The molecule has 3 aromatic carbocycles. The Kier molecular flexibility index (Phi) is 2.46. The van der Waals surface area contributed by atoms with Gasteiger partial charge >= 0.3 is 0 Å². The molecule has 0 bridgehead atoms. The van der Waals surface area contributed by atoms with E-state index in [1.165, 1.54) is 0 Å². The fourth-order valence-electron chi connectivity index (χ4n) is 3.01. The maximum Gasteiger partial charge on any atom is 0.167 e. The number of hydrogen-bond donors (Lipinski definition) is 1. The normalized spacial score (nSPS) is 12.2. The topological polar surface area (TPSA) is 47.3 Å². The van der Waals surface area contributed by atoms with Gasteiger partial charge in [-0.25, -0.2) is 0 Å². The minimum absolute atomic E-state index is 0.775. The van der Waals surface area contributed by atoms with Crippen LogP contribution in [0.25, 0.3) is 22.1 Å². The van der Waals surface area contributed by atoms with Crippen LogP contribution in [0.15, 0.2) is 71.4 Å². The van der Waals surface area contributed by atoms with Crippen LogP contribution < -0.4 is 10.1 Å². The zero-order valence-corrected chi connectivity index (χ0v) is 12.1. The molecule has 0 saturated heterocycles. The Labute approximate surface area is 132 Å². The smallest absolute Gasteiger partial charge is 0.167 e. The highest BCUT2D eigenvalue weighted by atomic mass is 16.5. The van der Waals surface area contributed by atoms with E-state index in [0.29, 0.717) is 0 Å². The molecule has 0 aliphatic carbocycles. The maximum atomic E-state index is 6.03. The SMILES string of the molecule is c1ccc2c(c1)Nc1c(cccc1-c1cccc3oncc13)O2. The highest BCUT2D eigenvalue weighted by Crippen LogP contribution is 2.47. The second-order valence-corrected chi connectivity index (χ2v) is 5.45. The molecule has 23 heavy (non-hydrogen) atoms. The predicted octanol–water partition coefficient (Wildman–Crippen LogP) is 5.34. The number of rotatable bonds is 1. The summed E-state index contributed by atoms with van der Waals surface area (Å²) >= 11 is 0. The third-order valence-corrected chi connectivity index (χ3v) is 4.08. The largest absolute Gasteiger partial charge is 0.453 e. The highest BCUT2D eigenvalue weighted by Gasteiger charge is 2.20. The van der Waals surface area contributed by atoms with Gasteiger partial charge in [0.15, 0.2) is 17.1 Å². The van der Waals surface area contributed by atoms with Crippen LogP contribution in [0.1, 0.15) is 0 Å². The van der Waals surface area contributed by atoms with E-state index in [0.717, 1.165) is 45.0 Å². The van der Waals surface area contributed by atoms with E-state index in [-0.39, 0.29) is 0 Å². The Morgan fingerprint density at radius 3 is 2.61 bits per heavy atom. The summed E-state index contributed by atoms with van der Waals surface area (Å²) < 4.78 is 11.3. The molecule has 1 aromatic heterocycles. The van der Waals surface area contributed by atoms with Crippen LogP contribution in [-0.4, -0.2) is 5.16 Å². The van der Waals surface area contributed by atoms with E-state index in [2.05, 4.69) is 22.6 Å². The fourth-order valence-corrected chi connectivity index (χ4v) is 3.01. The minimum Gasteiger partial charge on any atom is -0.453 e. The molecule has 4 heteroatoms. The Morgan fingerprint density at radius 1 is 0.783 bits per heavy atom. The summed E-state index contributed by atoms with van der Waals surface area (Å²) in [6, 6.07) is 19.9. The lowest BCUT2D eigenvalue weighted by Crippen LogP contribution is -2.04. The summed E-state index contributed by atoms with van der Waals surface area (Å²) in [6.45, 7) is 0. The van der Waals surface area contributed by atoms with E-state index < -0.39 is 0 Å². The lowest BCUT2D eigenvalue weighted by Gasteiger charge is -2.24. The third-order valence-electron chi connectivity index (χ3n) is 4.08. The first kappa shape index (κ1) is 12.3. The highest BCUT2D eigenvalue weighted by molar-refractivity contribution is 5.99. The molecule has 5 rings (SSSR count). The second-order valence-electron chi connectivity index (χ2n) is 5.45. The van der Waals surface area contributed by atoms with Crippen LogP contribution in [0.4, 0.5) is 11.4 Å². The van der Waals surface area contributed by atoms with Gasteiger partial charge in [-0.15, -0.1) is 0 Å². The van der Waals surface area contributed by atoms with Gasteiger partial charge in [-0.05, 0) is 29.8 Å². The van der Waals surface area contributed by atoms with Gasteiger partial charge in [0, 0.05) is 10.9 Å². The van der Waals surface area contributed by atoms with Crippen LogP contribution in [0.3, 0.4) is 0 Å². The Balaban J connectivity index is 1.74. The van der Waals surface area contributed by atoms with Crippen molar-refractivity contribution in [3.8, 4) is 22.6 Å². The first-order valence-electron chi connectivity index (χ1n) is 7.41. The molecule has 0 fully saturated rings. The summed E-state index contributed by atoms with van der Waals surface area (Å²) in [5.41, 5.74) is 4.82. The van der Waals surface area contributed by atoms with Gasteiger partial charge in [-0.1, -0.05) is 41.6 Å². The predicted molar refractivity (Wildman–Crippen MR) is 89.2 cm³/mol. The molecule has 4 aromatic rings. The van der Waals surface area contributed by atoms with Crippen molar-refractivity contribution < 1.29 is 9.26 Å². The van der Waals surface area contributed by atoms with E-state index >= 15 is 0 Å². The van der Waals surface area contributed by atoms with Crippen LogP contribution in [0, 0.1) is 0 Å². The summed E-state index contributed by atoms with van der Waals surface area (Å²) in [5.74, 6) is 1.65. The lowest BCUT2D eigenvalue weighted by atomic mass is 9.99. The quantitative estimate of drug-likeness (QED) is 0.453. The zero-order chi connectivity index (χ0) is 15.2. The van der Waals surface area contributed by atoms with Gasteiger partial charge in [0.2, 0.25) is 0 Å². The number of anilines is 2. The van der Waals surface area contributed by atoms with Crippen LogP contribution >= 0.6 is 0 Å². The second kappa shape index (κ2) is 4.61. The molecule has 1 aliphatic rings. The number of ether oxygens (including phenoxy) is 1. The summed E-state index contributed by atoms with van der Waals surface area (Å²) in [5, 5.41) is 8.38. The van der Waals surface area contributed by atoms with Crippen molar-refractivity contribution in [2.45, 2.75) is 0 Å². The maximum absolute atomic E-state index is 6.03. The summed E-state index contributed by atoms with van der Waals surface area (Å²) in [6.07, 6.45) is 1.75. The van der Waals surface area contributed by atoms with E-state index in [9.17, 15) is 0 Å². The number of aromatic nitrogens is 1. The van der Waals surface area contributed by atoms with Crippen molar-refractivity contribution in [2.24, 2.45) is 0 Å². The number of nitrogens with zero attached hydrogens (tertiary/aromatic N) is 1. The van der Waals surface area contributed by atoms with Crippen molar-refractivity contribution in [1.29, 1.82) is 0 Å². The lowest BCUT2D eigenvalue weighted by molar-refractivity contribution is 0.456. The molecule has 1 N–H and O–H groups in total. The van der Waals surface area contributed by atoms with Gasteiger partial charge in [-0.3, -0.25) is 0 Å². The molecule has 0 unspecified atom stereocenters. The number of nitrogens with one attached hydrogen (secondary N) is 1. The number of para-hydroxylation sites is 3. The Bertz CT molecular complexity index is 1040. The van der Waals surface area contributed by atoms with Crippen LogP contribution in [0.5, 0.6) is 11.5 Å². The molecule has 2 heterocycles. The molecular formula is C19H12N2O2. The molecule has 1 aliphatic heterocycles. The standard InChI is InChI=1S/C19H12N2O2/c1-2-8-17-15(7-1)21-19-13(6-4-10-18(19)22-17)12-5-3-9-16-14(12)11-20-23-16/h1-11,21H. The van der Waals surface area contributed by atoms with Gasteiger partial charge in [-0.2, -0.15) is 0 Å². The molecule has 0 atom stereocenters.